The largest absolute Gasteiger partial charge is 0.393 e. The van der Waals surface area contributed by atoms with Gasteiger partial charge in [-0.1, -0.05) is 24.3 Å². The molecule has 0 spiro atoms. The number of nitrogens with zero attached hydrogens (tertiary/aromatic N) is 7. The van der Waals surface area contributed by atoms with Crippen LogP contribution in [0.4, 0.5) is 27.9 Å². The van der Waals surface area contributed by atoms with Crippen LogP contribution in [-0.2, 0) is 6.42 Å². The van der Waals surface area contributed by atoms with E-state index >= 15 is 0 Å². The fraction of sp³-hybridized carbons (Fsp3) is 0.269. The van der Waals surface area contributed by atoms with Crippen molar-refractivity contribution in [3.8, 4) is 0 Å². The molecule has 2 aromatic heterocycles. The van der Waals surface area contributed by atoms with Crippen LogP contribution in [0.2, 0.25) is 0 Å². The van der Waals surface area contributed by atoms with Crippen molar-refractivity contribution >= 4 is 23.5 Å². The number of anilines is 4. The first-order chi connectivity index (χ1) is 18.1. The smallest absolute Gasteiger partial charge is 0.231 e. The van der Waals surface area contributed by atoms with Crippen molar-refractivity contribution in [2.75, 3.05) is 47.9 Å². The first-order valence-corrected chi connectivity index (χ1v) is 12.0. The van der Waals surface area contributed by atoms with E-state index in [-0.39, 0.29) is 12.4 Å². The van der Waals surface area contributed by atoms with Gasteiger partial charge in [0.25, 0.3) is 0 Å². The number of hydrogen-bond acceptors (Lipinski definition) is 10. The molecule has 0 radical (unpaired) electrons. The molecule has 1 atom stereocenters. The molecule has 3 N–H and O–H groups in total. The van der Waals surface area contributed by atoms with Gasteiger partial charge < -0.3 is 25.3 Å². The van der Waals surface area contributed by atoms with Gasteiger partial charge in [-0.05, 0) is 41.0 Å². The number of aliphatic hydroxyl groups is 2. The van der Waals surface area contributed by atoms with E-state index in [1.54, 1.807) is 36.4 Å². The molecule has 3 heterocycles. The number of hydrogen-bond donors (Lipinski definition) is 3. The Morgan fingerprint density at radius 1 is 0.811 bits per heavy atom. The van der Waals surface area contributed by atoms with E-state index in [1.165, 1.54) is 18.5 Å². The third kappa shape index (κ3) is 6.13. The van der Waals surface area contributed by atoms with Gasteiger partial charge in [-0.2, -0.15) is 4.98 Å². The average Bonchev–Trinajstić information content (AvgIpc) is 2.95. The molecule has 4 aromatic rings. The van der Waals surface area contributed by atoms with E-state index in [4.69, 9.17) is 5.11 Å². The van der Waals surface area contributed by atoms with Gasteiger partial charge in [-0.15, -0.1) is 0 Å². The number of halogens is 1. The lowest BCUT2D eigenvalue weighted by Crippen LogP contribution is -2.47. The Labute approximate surface area is 213 Å². The van der Waals surface area contributed by atoms with Crippen molar-refractivity contribution in [2.24, 2.45) is 0 Å². The third-order valence-electron chi connectivity index (χ3n) is 6.14. The zero-order valence-electron chi connectivity index (χ0n) is 20.1. The number of benzene rings is 2. The summed E-state index contributed by atoms with van der Waals surface area (Å²) >= 11 is 0. The second-order valence-electron chi connectivity index (χ2n) is 8.72. The average molecular weight is 503 g/mol. The standard InChI is InChI=1S/C26H27FN8O2/c27-21-5-1-18(2-6-21)13-19-14-28-25(29-15-19)34-9-11-35(12-10-34)26-31-17-30-24(33-26)32-22-7-3-20(4-8-22)23(37)16-36/h1-8,14-15,17,23,36-37H,9-13,16H2,(H,30,31,32,33)/t23-/m1/s1. The van der Waals surface area contributed by atoms with Gasteiger partial charge in [0.1, 0.15) is 18.2 Å². The van der Waals surface area contributed by atoms with Crippen molar-refractivity contribution in [3.63, 3.8) is 0 Å². The molecule has 0 amide bonds. The van der Waals surface area contributed by atoms with Crippen molar-refractivity contribution in [1.82, 2.24) is 24.9 Å². The van der Waals surface area contributed by atoms with Gasteiger partial charge >= 0.3 is 0 Å². The predicted molar refractivity (Wildman–Crippen MR) is 137 cm³/mol. The second kappa shape index (κ2) is 11.2. The van der Waals surface area contributed by atoms with E-state index in [0.717, 1.165) is 29.9 Å². The molecule has 2 aromatic carbocycles. The molecule has 0 saturated carbocycles. The van der Waals surface area contributed by atoms with E-state index in [2.05, 4.69) is 40.0 Å². The molecule has 0 unspecified atom stereocenters. The highest BCUT2D eigenvalue weighted by molar-refractivity contribution is 5.54. The summed E-state index contributed by atoms with van der Waals surface area (Å²) in [5.74, 6) is 1.43. The molecule has 1 aliphatic rings. The lowest BCUT2D eigenvalue weighted by atomic mass is 10.1. The van der Waals surface area contributed by atoms with Gasteiger partial charge in [0, 0.05) is 50.7 Å². The van der Waals surface area contributed by atoms with Crippen LogP contribution in [0.1, 0.15) is 22.8 Å². The van der Waals surface area contributed by atoms with Gasteiger partial charge in [0.15, 0.2) is 0 Å². The molecule has 10 nitrogen and oxygen atoms in total. The summed E-state index contributed by atoms with van der Waals surface area (Å²) < 4.78 is 13.1. The molecule has 11 heteroatoms. The van der Waals surface area contributed by atoms with Crippen LogP contribution in [0.5, 0.6) is 0 Å². The zero-order valence-corrected chi connectivity index (χ0v) is 20.1. The van der Waals surface area contributed by atoms with Crippen LogP contribution >= 0.6 is 0 Å². The van der Waals surface area contributed by atoms with Crippen LogP contribution in [0.15, 0.2) is 67.3 Å². The highest BCUT2D eigenvalue weighted by Gasteiger charge is 2.21. The Kier molecular flexibility index (Phi) is 7.43. The Morgan fingerprint density at radius 3 is 2.11 bits per heavy atom. The van der Waals surface area contributed by atoms with Crippen molar-refractivity contribution < 1.29 is 14.6 Å². The van der Waals surface area contributed by atoms with Gasteiger partial charge in [0.2, 0.25) is 17.8 Å². The Hall–Kier alpha value is -4.22. The highest BCUT2D eigenvalue weighted by Crippen LogP contribution is 2.20. The zero-order chi connectivity index (χ0) is 25.6. The van der Waals surface area contributed by atoms with E-state index < -0.39 is 6.10 Å². The molecule has 5 rings (SSSR count). The fourth-order valence-corrected chi connectivity index (χ4v) is 4.07. The third-order valence-corrected chi connectivity index (χ3v) is 6.14. The van der Waals surface area contributed by atoms with E-state index in [0.29, 0.717) is 42.9 Å². The normalized spacial score (nSPS) is 14.5. The summed E-state index contributed by atoms with van der Waals surface area (Å²) in [7, 11) is 0. The highest BCUT2D eigenvalue weighted by atomic mass is 19.1. The first kappa shape index (κ1) is 24.5. The Morgan fingerprint density at radius 2 is 1.46 bits per heavy atom. The minimum Gasteiger partial charge on any atom is -0.393 e. The molecular formula is C26H27FN8O2. The van der Waals surface area contributed by atoms with Gasteiger partial charge in [-0.25, -0.2) is 24.3 Å². The van der Waals surface area contributed by atoms with Gasteiger partial charge in [0.05, 0.1) is 6.61 Å². The lowest BCUT2D eigenvalue weighted by molar-refractivity contribution is 0.0956. The van der Waals surface area contributed by atoms with Crippen LogP contribution in [0, 0.1) is 5.82 Å². The number of aromatic nitrogens is 5. The SMILES string of the molecule is OC[C@@H](O)c1ccc(Nc2ncnc(N3CCN(c4ncc(Cc5ccc(F)cc5)cn4)CC3)n2)cc1. The maximum absolute atomic E-state index is 13.1. The number of piperazine rings is 1. The topological polar surface area (TPSA) is 123 Å². The molecule has 37 heavy (non-hydrogen) atoms. The van der Waals surface area contributed by atoms with Crippen molar-refractivity contribution in [2.45, 2.75) is 12.5 Å². The molecule has 0 bridgehead atoms. The molecule has 190 valence electrons. The quantitative estimate of drug-likeness (QED) is 0.331. The number of aliphatic hydroxyl groups excluding tert-OH is 2. The molecule has 0 aliphatic carbocycles. The van der Waals surface area contributed by atoms with Crippen LogP contribution in [-0.4, -0.2) is 67.9 Å². The monoisotopic (exact) mass is 502 g/mol. The number of rotatable bonds is 8. The van der Waals surface area contributed by atoms with E-state index in [9.17, 15) is 9.50 Å². The summed E-state index contributed by atoms with van der Waals surface area (Å²) in [6, 6.07) is 13.5. The van der Waals surface area contributed by atoms with Crippen LogP contribution < -0.4 is 15.1 Å². The van der Waals surface area contributed by atoms with E-state index in [1.807, 2.05) is 12.4 Å². The Bertz CT molecular complexity index is 1300. The van der Waals surface area contributed by atoms with Crippen molar-refractivity contribution in [1.29, 1.82) is 0 Å². The summed E-state index contributed by atoms with van der Waals surface area (Å²) in [6.45, 7) is 2.53. The minimum atomic E-state index is -0.902. The maximum atomic E-state index is 13.1. The predicted octanol–water partition coefficient (Wildman–Crippen LogP) is 2.49. The first-order valence-electron chi connectivity index (χ1n) is 12.0. The summed E-state index contributed by atoms with van der Waals surface area (Å²) in [5, 5.41) is 22.0. The molecule has 1 aliphatic heterocycles. The summed E-state index contributed by atoms with van der Waals surface area (Å²) in [4.78, 5) is 26.4. The fourth-order valence-electron chi connectivity index (χ4n) is 4.07. The second-order valence-corrected chi connectivity index (χ2v) is 8.72. The molecule has 1 saturated heterocycles. The molecular weight excluding hydrogens is 475 g/mol. The maximum Gasteiger partial charge on any atom is 0.231 e. The van der Waals surface area contributed by atoms with Gasteiger partial charge in [-0.3, -0.25) is 0 Å². The summed E-state index contributed by atoms with van der Waals surface area (Å²) in [5.41, 5.74) is 3.37. The van der Waals surface area contributed by atoms with Crippen molar-refractivity contribution in [3.05, 3.63) is 89.8 Å². The molecule has 1 fully saturated rings. The number of nitrogens with one attached hydrogen (secondary N) is 1. The minimum absolute atomic E-state index is 0.245. The lowest BCUT2D eigenvalue weighted by Gasteiger charge is -2.34. The van der Waals surface area contributed by atoms with Crippen LogP contribution in [0.3, 0.4) is 0 Å². The Balaban J connectivity index is 1.16. The summed E-state index contributed by atoms with van der Waals surface area (Å²) in [6.07, 6.45) is 4.86. The van der Waals surface area contributed by atoms with Crippen LogP contribution in [0.25, 0.3) is 0 Å².